The number of hydrogen-bond acceptors (Lipinski definition) is 6. The number of carbonyl (C=O) groups is 3. The molecule has 0 spiro atoms. The molecule has 0 aromatic heterocycles. The number of hydrogen-bond donors (Lipinski definition) is 4. The van der Waals surface area contributed by atoms with Crippen LogP contribution in [0.25, 0.3) is 0 Å². The van der Waals surface area contributed by atoms with Gasteiger partial charge < -0.3 is 21.9 Å². The summed E-state index contributed by atoms with van der Waals surface area (Å²) < 4.78 is 0. The van der Waals surface area contributed by atoms with Crippen LogP contribution < -0.4 is 16.8 Å². The molecule has 0 aromatic carbocycles. The minimum absolute atomic E-state index is 0.386. The van der Waals surface area contributed by atoms with Gasteiger partial charge in [0.1, 0.15) is 6.54 Å². The summed E-state index contributed by atoms with van der Waals surface area (Å²) in [5, 5.41) is 11.9. The maximum atomic E-state index is 12.3. The number of unbranched alkanes of at least 4 members (excludes halogenated alkanes) is 1. The maximum Gasteiger partial charge on any atom is 0.323 e. The van der Waals surface area contributed by atoms with Crippen molar-refractivity contribution in [2.75, 3.05) is 19.6 Å². The van der Waals surface area contributed by atoms with Gasteiger partial charge in [0, 0.05) is 0 Å². The van der Waals surface area contributed by atoms with E-state index in [2.05, 4.69) is 5.32 Å². The number of nitrogens with zero attached hydrogens (tertiary/aromatic N) is 1. The standard InChI is InChI=1S/C13H24N4O4/c14-6-2-1-4-9(15)12(20)17(8-11(18)19)13(21)10-5-3-7-16-10/h9-10,16H,1-8,14-15H2,(H,18,19). The normalized spacial score (nSPS) is 19.2. The molecular formula is C13H24N4O4. The monoisotopic (exact) mass is 300 g/mol. The Hall–Kier alpha value is -1.51. The van der Waals surface area contributed by atoms with Crippen LogP contribution in [0.15, 0.2) is 0 Å². The summed E-state index contributed by atoms with van der Waals surface area (Å²) in [5.74, 6) is -2.37. The second-order valence-corrected chi connectivity index (χ2v) is 5.20. The molecule has 1 rings (SSSR count). The summed E-state index contributed by atoms with van der Waals surface area (Å²) in [7, 11) is 0. The molecule has 1 heterocycles. The third kappa shape index (κ3) is 5.41. The SMILES string of the molecule is NCCCCC(N)C(=O)N(CC(=O)O)C(=O)C1CCCN1. The van der Waals surface area contributed by atoms with Crippen molar-refractivity contribution in [2.24, 2.45) is 11.5 Å². The van der Waals surface area contributed by atoms with Gasteiger partial charge in [-0.05, 0) is 38.8 Å². The van der Waals surface area contributed by atoms with Gasteiger partial charge >= 0.3 is 5.97 Å². The van der Waals surface area contributed by atoms with Crippen LogP contribution in [0.1, 0.15) is 32.1 Å². The van der Waals surface area contributed by atoms with E-state index >= 15 is 0 Å². The molecule has 6 N–H and O–H groups in total. The van der Waals surface area contributed by atoms with Crippen molar-refractivity contribution < 1.29 is 19.5 Å². The van der Waals surface area contributed by atoms with Crippen molar-refractivity contribution in [3.05, 3.63) is 0 Å². The van der Waals surface area contributed by atoms with Crippen LogP contribution in [0.5, 0.6) is 0 Å². The van der Waals surface area contributed by atoms with Crippen LogP contribution >= 0.6 is 0 Å². The number of carboxylic acid groups (broad SMARTS) is 1. The van der Waals surface area contributed by atoms with Gasteiger partial charge in [-0.1, -0.05) is 6.42 Å². The van der Waals surface area contributed by atoms with Crippen LogP contribution in [0.2, 0.25) is 0 Å². The maximum absolute atomic E-state index is 12.3. The predicted octanol–water partition coefficient (Wildman–Crippen LogP) is -1.37. The zero-order valence-electron chi connectivity index (χ0n) is 12.1. The molecule has 0 radical (unpaired) electrons. The van der Waals surface area contributed by atoms with Crippen LogP contribution in [0.4, 0.5) is 0 Å². The smallest absolute Gasteiger partial charge is 0.323 e. The molecule has 8 nitrogen and oxygen atoms in total. The second kappa shape index (κ2) is 8.71. The highest BCUT2D eigenvalue weighted by Crippen LogP contribution is 2.11. The van der Waals surface area contributed by atoms with Gasteiger partial charge in [-0.3, -0.25) is 19.3 Å². The fourth-order valence-corrected chi connectivity index (χ4v) is 2.32. The topological polar surface area (TPSA) is 139 Å². The molecule has 1 fully saturated rings. The van der Waals surface area contributed by atoms with Crippen molar-refractivity contribution in [2.45, 2.75) is 44.2 Å². The third-order valence-corrected chi connectivity index (χ3v) is 3.47. The molecule has 2 amide bonds. The van der Waals surface area contributed by atoms with Gasteiger partial charge in [-0.25, -0.2) is 0 Å². The lowest BCUT2D eigenvalue weighted by Crippen LogP contribution is -2.53. The average molecular weight is 300 g/mol. The fraction of sp³-hybridized carbons (Fsp3) is 0.769. The summed E-state index contributed by atoms with van der Waals surface area (Å²) in [6.45, 7) is 0.541. The zero-order chi connectivity index (χ0) is 15.8. The number of carboxylic acids is 1. The minimum atomic E-state index is -1.23. The quantitative estimate of drug-likeness (QED) is 0.406. The van der Waals surface area contributed by atoms with Crippen molar-refractivity contribution >= 4 is 17.8 Å². The lowest BCUT2D eigenvalue weighted by molar-refractivity contribution is -0.154. The van der Waals surface area contributed by atoms with E-state index < -0.39 is 36.4 Å². The first-order valence-corrected chi connectivity index (χ1v) is 7.23. The van der Waals surface area contributed by atoms with E-state index in [1.165, 1.54) is 0 Å². The summed E-state index contributed by atoms with van der Waals surface area (Å²) in [6, 6.07) is -1.37. The zero-order valence-corrected chi connectivity index (χ0v) is 12.1. The highest BCUT2D eigenvalue weighted by atomic mass is 16.4. The fourth-order valence-electron chi connectivity index (χ4n) is 2.32. The molecule has 2 unspecified atom stereocenters. The Balaban J connectivity index is 2.68. The highest BCUT2D eigenvalue weighted by Gasteiger charge is 2.33. The lowest BCUT2D eigenvalue weighted by Gasteiger charge is -2.25. The first-order valence-electron chi connectivity index (χ1n) is 7.23. The van der Waals surface area contributed by atoms with Crippen molar-refractivity contribution in [3.63, 3.8) is 0 Å². The first kappa shape index (κ1) is 17.5. The molecule has 1 aliphatic heterocycles. The van der Waals surface area contributed by atoms with E-state index in [1.54, 1.807) is 0 Å². The number of aliphatic carboxylic acids is 1. The summed E-state index contributed by atoms with van der Waals surface area (Å²) >= 11 is 0. The Labute approximate surface area is 123 Å². The molecule has 0 aliphatic carbocycles. The van der Waals surface area contributed by atoms with Gasteiger partial charge in [0.05, 0.1) is 12.1 Å². The molecule has 1 aliphatic rings. The first-order chi connectivity index (χ1) is 9.97. The number of imide groups is 1. The number of rotatable bonds is 8. The Morgan fingerprint density at radius 3 is 2.57 bits per heavy atom. The van der Waals surface area contributed by atoms with E-state index in [1.807, 2.05) is 0 Å². The lowest BCUT2D eigenvalue weighted by atomic mass is 10.1. The van der Waals surface area contributed by atoms with E-state index in [0.717, 1.165) is 17.7 Å². The Bertz CT molecular complexity index is 382. The molecule has 1 saturated heterocycles. The molecule has 2 atom stereocenters. The van der Waals surface area contributed by atoms with Gasteiger partial charge in [-0.15, -0.1) is 0 Å². The summed E-state index contributed by atoms with van der Waals surface area (Å²) in [6.07, 6.45) is 3.22. The molecule has 0 bridgehead atoms. The van der Waals surface area contributed by atoms with Gasteiger partial charge in [-0.2, -0.15) is 0 Å². The van der Waals surface area contributed by atoms with Gasteiger partial charge in [0.2, 0.25) is 11.8 Å². The highest BCUT2D eigenvalue weighted by molar-refractivity contribution is 6.02. The molecule has 0 saturated carbocycles. The molecule has 8 heteroatoms. The number of amides is 2. The summed E-state index contributed by atoms with van der Waals surface area (Å²) in [4.78, 5) is 36.1. The minimum Gasteiger partial charge on any atom is -0.480 e. The van der Waals surface area contributed by atoms with Crippen LogP contribution in [0, 0.1) is 0 Å². The van der Waals surface area contributed by atoms with E-state index in [-0.39, 0.29) is 0 Å². The van der Waals surface area contributed by atoms with Crippen molar-refractivity contribution in [1.82, 2.24) is 10.2 Å². The Morgan fingerprint density at radius 1 is 1.33 bits per heavy atom. The van der Waals surface area contributed by atoms with E-state index in [0.29, 0.717) is 32.4 Å². The van der Waals surface area contributed by atoms with Crippen molar-refractivity contribution in [3.8, 4) is 0 Å². The van der Waals surface area contributed by atoms with Crippen molar-refractivity contribution in [1.29, 1.82) is 0 Å². The molecule has 0 aromatic rings. The van der Waals surface area contributed by atoms with Gasteiger partial charge in [0.25, 0.3) is 0 Å². The van der Waals surface area contributed by atoms with Gasteiger partial charge in [0.15, 0.2) is 0 Å². The Kier molecular flexibility index (Phi) is 7.27. The van der Waals surface area contributed by atoms with E-state index in [9.17, 15) is 14.4 Å². The van der Waals surface area contributed by atoms with Crippen LogP contribution in [-0.4, -0.2) is 59.5 Å². The average Bonchev–Trinajstić information content (AvgIpc) is 2.97. The largest absolute Gasteiger partial charge is 0.480 e. The predicted molar refractivity (Wildman–Crippen MR) is 76.3 cm³/mol. The van der Waals surface area contributed by atoms with Crippen LogP contribution in [-0.2, 0) is 14.4 Å². The van der Waals surface area contributed by atoms with Crippen LogP contribution in [0.3, 0.4) is 0 Å². The second-order valence-electron chi connectivity index (χ2n) is 5.20. The number of carbonyl (C=O) groups excluding carboxylic acids is 2. The molecule has 120 valence electrons. The van der Waals surface area contributed by atoms with E-state index in [4.69, 9.17) is 16.6 Å². The summed E-state index contributed by atoms with van der Waals surface area (Å²) in [5.41, 5.74) is 11.1. The molecular weight excluding hydrogens is 276 g/mol. The number of nitrogens with two attached hydrogens (primary N) is 2. The molecule has 21 heavy (non-hydrogen) atoms. The Morgan fingerprint density at radius 2 is 2.05 bits per heavy atom. The number of nitrogens with one attached hydrogen (secondary N) is 1. The third-order valence-electron chi connectivity index (χ3n) is 3.47.